The molecule has 18 heavy (non-hydrogen) atoms. The van der Waals surface area contributed by atoms with Gasteiger partial charge in [-0.05, 0) is 33.3 Å². The molecule has 0 radical (unpaired) electrons. The smallest absolute Gasteiger partial charge is 0.226 e. The molecule has 0 saturated heterocycles. The van der Waals surface area contributed by atoms with Gasteiger partial charge in [0.2, 0.25) is 5.91 Å². The Morgan fingerprint density at radius 3 is 2.22 bits per heavy atom. The third-order valence-corrected chi connectivity index (χ3v) is 3.02. The number of amides is 1. The quantitative estimate of drug-likeness (QED) is 0.838. The van der Waals surface area contributed by atoms with E-state index in [0.717, 1.165) is 6.54 Å². The molecule has 0 aliphatic carbocycles. The Kier molecular flexibility index (Phi) is 4.91. The highest BCUT2D eigenvalue weighted by molar-refractivity contribution is 5.81. The molecular formula is C15H24N2O. The van der Waals surface area contributed by atoms with Crippen molar-refractivity contribution in [2.45, 2.75) is 34.2 Å². The number of hydrogen-bond donors (Lipinski definition) is 2. The zero-order valence-corrected chi connectivity index (χ0v) is 12.1. The summed E-state index contributed by atoms with van der Waals surface area (Å²) in [7, 11) is 1.67. The second-order valence-corrected chi connectivity index (χ2v) is 5.56. The monoisotopic (exact) mass is 248 g/mol. The second-order valence-electron chi connectivity index (χ2n) is 5.56. The lowest BCUT2D eigenvalue weighted by Crippen LogP contribution is -2.41. The van der Waals surface area contributed by atoms with Crippen LogP contribution in [-0.2, 0) is 11.3 Å². The molecule has 0 heterocycles. The van der Waals surface area contributed by atoms with Crippen LogP contribution in [0.25, 0.3) is 0 Å². The minimum absolute atomic E-state index is 0.0652. The van der Waals surface area contributed by atoms with Crippen molar-refractivity contribution in [1.82, 2.24) is 10.6 Å². The van der Waals surface area contributed by atoms with Gasteiger partial charge in [-0.1, -0.05) is 29.3 Å². The van der Waals surface area contributed by atoms with E-state index in [1.54, 1.807) is 7.05 Å². The van der Waals surface area contributed by atoms with E-state index in [0.29, 0.717) is 6.54 Å². The molecule has 0 atom stereocenters. The molecule has 0 unspecified atom stereocenters. The van der Waals surface area contributed by atoms with E-state index in [4.69, 9.17) is 0 Å². The van der Waals surface area contributed by atoms with Gasteiger partial charge in [-0.25, -0.2) is 0 Å². The van der Waals surface area contributed by atoms with Crippen LogP contribution in [0.1, 0.15) is 30.5 Å². The minimum Gasteiger partial charge on any atom is -0.359 e. The van der Waals surface area contributed by atoms with Gasteiger partial charge in [0.15, 0.2) is 0 Å². The van der Waals surface area contributed by atoms with Gasteiger partial charge in [-0.3, -0.25) is 4.79 Å². The first-order valence-corrected chi connectivity index (χ1v) is 6.35. The van der Waals surface area contributed by atoms with Gasteiger partial charge in [0.25, 0.3) is 0 Å². The molecular weight excluding hydrogens is 224 g/mol. The van der Waals surface area contributed by atoms with Crippen LogP contribution in [0, 0.1) is 19.3 Å². The standard InChI is InChI=1S/C15H24N2O/c1-11-6-12(2)8-13(7-11)9-17-10-15(3,4)14(18)16-5/h6-8,17H,9-10H2,1-5H3,(H,16,18). The maximum absolute atomic E-state index is 11.6. The van der Waals surface area contributed by atoms with E-state index in [2.05, 4.69) is 42.7 Å². The highest BCUT2D eigenvalue weighted by atomic mass is 16.2. The topological polar surface area (TPSA) is 41.1 Å². The molecule has 1 rings (SSSR count). The van der Waals surface area contributed by atoms with Gasteiger partial charge in [0, 0.05) is 20.1 Å². The summed E-state index contributed by atoms with van der Waals surface area (Å²) in [6.45, 7) is 9.55. The van der Waals surface area contributed by atoms with Crippen molar-refractivity contribution in [1.29, 1.82) is 0 Å². The van der Waals surface area contributed by atoms with E-state index < -0.39 is 0 Å². The van der Waals surface area contributed by atoms with Crippen LogP contribution in [0.3, 0.4) is 0 Å². The Morgan fingerprint density at radius 2 is 1.72 bits per heavy atom. The van der Waals surface area contributed by atoms with Gasteiger partial charge < -0.3 is 10.6 Å². The number of benzene rings is 1. The second kappa shape index (κ2) is 6.01. The Bertz CT molecular complexity index is 404. The summed E-state index contributed by atoms with van der Waals surface area (Å²) in [5.41, 5.74) is 3.43. The van der Waals surface area contributed by atoms with E-state index in [1.807, 2.05) is 13.8 Å². The zero-order chi connectivity index (χ0) is 13.8. The molecule has 0 spiro atoms. The fraction of sp³-hybridized carbons (Fsp3) is 0.533. The molecule has 0 aliphatic heterocycles. The summed E-state index contributed by atoms with van der Waals surface area (Å²) in [4.78, 5) is 11.6. The van der Waals surface area contributed by atoms with Crippen LogP contribution < -0.4 is 10.6 Å². The van der Waals surface area contributed by atoms with Crippen molar-refractivity contribution in [3.8, 4) is 0 Å². The predicted molar refractivity (Wildman–Crippen MR) is 75.5 cm³/mol. The highest BCUT2D eigenvalue weighted by Gasteiger charge is 2.25. The van der Waals surface area contributed by atoms with Crippen molar-refractivity contribution in [3.05, 3.63) is 34.9 Å². The zero-order valence-electron chi connectivity index (χ0n) is 12.1. The summed E-state index contributed by atoms with van der Waals surface area (Å²) in [5.74, 6) is 0.0652. The number of rotatable bonds is 5. The van der Waals surface area contributed by atoms with Crippen molar-refractivity contribution in [3.63, 3.8) is 0 Å². The van der Waals surface area contributed by atoms with Crippen molar-refractivity contribution >= 4 is 5.91 Å². The lowest BCUT2D eigenvalue weighted by atomic mass is 9.92. The van der Waals surface area contributed by atoms with Crippen molar-refractivity contribution < 1.29 is 4.79 Å². The highest BCUT2D eigenvalue weighted by Crippen LogP contribution is 2.14. The first-order chi connectivity index (χ1) is 8.35. The number of aryl methyl sites for hydroxylation is 2. The van der Waals surface area contributed by atoms with Gasteiger partial charge in [-0.2, -0.15) is 0 Å². The maximum Gasteiger partial charge on any atom is 0.226 e. The SMILES string of the molecule is CNC(=O)C(C)(C)CNCc1cc(C)cc(C)c1. The molecule has 1 aromatic carbocycles. The predicted octanol–water partition coefficient (Wildman–Crippen LogP) is 2.17. The largest absolute Gasteiger partial charge is 0.359 e. The molecule has 1 aromatic rings. The number of carbonyl (C=O) groups excluding carboxylic acids is 1. The first-order valence-electron chi connectivity index (χ1n) is 6.35. The van der Waals surface area contributed by atoms with Crippen molar-refractivity contribution in [2.24, 2.45) is 5.41 Å². The molecule has 0 saturated carbocycles. The van der Waals surface area contributed by atoms with Gasteiger partial charge in [0.05, 0.1) is 5.41 Å². The van der Waals surface area contributed by atoms with Crippen LogP contribution in [-0.4, -0.2) is 19.5 Å². The van der Waals surface area contributed by atoms with E-state index in [-0.39, 0.29) is 11.3 Å². The van der Waals surface area contributed by atoms with Crippen LogP contribution in [0.4, 0.5) is 0 Å². The average molecular weight is 248 g/mol. The fourth-order valence-electron chi connectivity index (χ4n) is 2.11. The number of hydrogen-bond acceptors (Lipinski definition) is 2. The Labute approximate surface area is 110 Å². The third kappa shape index (κ3) is 4.15. The maximum atomic E-state index is 11.6. The Balaban J connectivity index is 2.53. The van der Waals surface area contributed by atoms with Crippen LogP contribution in [0.2, 0.25) is 0 Å². The molecule has 0 aliphatic rings. The van der Waals surface area contributed by atoms with Crippen LogP contribution >= 0.6 is 0 Å². The molecule has 0 bridgehead atoms. The van der Waals surface area contributed by atoms with Crippen LogP contribution in [0.5, 0.6) is 0 Å². The average Bonchev–Trinajstić information content (AvgIpc) is 2.26. The lowest BCUT2D eigenvalue weighted by Gasteiger charge is -2.23. The minimum atomic E-state index is -0.381. The summed E-state index contributed by atoms with van der Waals surface area (Å²) < 4.78 is 0. The molecule has 0 fully saturated rings. The van der Waals surface area contributed by atoms with Crippen LogP contribution in [0.15, 0.2) is 18.2 Å². The number of nitrogens with one attached hydrogen (secondary N) is 2. The Morgan fingerprint density at radius 1 is 1.17 bits per heavy atom. The first kappa shape index (κ1) is 14.7. The van der Waals surface area contributed by atoms with Gasteiger partial charge in [0.1, 0.15) is 0 Å². The molecule has 0 aromatic heterocycles. The van der Waals surface area contributed by atoms with Gasteiger partial charge in [-0.15, -0.1) is 0 Å². The summed E-state index contributed by atoms with van der Waals surface area (Å²) in [6, 6.07) is 6.51. The molecule has 100 valence electrons. The molecule has 3 heteroatoms. The lowest BCUT2D eigenvalue weighted by molar-refractivity contribution is -0.128. The van der Waals surface area contributed by atoms with Gasteiger partial charge >= 0.3 is 0 Å². The van der Waals surface area contributed by atoms with E-state index in [1.165, 1.54) is 16.7 Å². The molecule has 3 nitrogen and oxygen atoms in total. The fourth-order valence-corrected chi connectivity index (χ4v) is 2.11. The molecule has 2 N–H and O–H groups in total. The van der Waals surface area contributed by atoms with E-state index in [9.17, 15) is 4.79 Å². The summed E-state index contributed by atoms with van der Waals surface area (Å²) in [6.07, 6.45) is 0. The normalized spacial score (nSPS) is 11.4. The summed E-state index contributed by atoms with van der Waals surface area (Å²) in [5, 5.41) is 6.04. The molecule has 1 amide bonds. The van der Waals surface area contributed by atoms with Crippen molar-refractivity contribution in [2.75, 3.05) is 13.6 Å². The number of carbonyl (C=O) groups is 1. The third-order valence-electron chi connectivity index (χ3n) is 3.02. The van der Waals surface area contributed by atoms with E-state index >= 15 is 0 Å². The Hall–Kier alpha value is -1.35. The summed E-state index contributed by atoms with van der Waals surface area (Å²) >= 11 is 0.